The number of anilines is 1. The van der Waals surface area contributed by atoms with E-state index in [9.17, 15) is 8.42 Å². The summed E-state index contributed by atoms with van der Waals surface area (Å²) in [4.78, 5) is 0.0773. The van der Waals surface area contributed by atoms with Gasteiger partial charge >= 0.3 is 0 Å². The van der Waals surface area contributed by atoms with E-state index < -0.39 is 9.84 Å². The highest BCUT2D eigenvalue weighted by Crippen LogP contribution is 2.23. The molecule has 0 bridgehead atoms. The van der Waals surface area contributed by atoms with E-state index in [1.165, 1.54) is 18.2 Å². The molecule has 0 saturated heterocycles. The number of alkyl halides is 1. The summed E-state index contributed by atoms with van der Waals surface area (Å²) in [7, 11) is -3.37. The van der Waals surface area contributed by atoms with E-state index >= 15 is 0 Å². The number of rotatable bonds is 3. The van der Waals surface area contributed by atoms with Gasteiger partial charge in [0.15, 0.2) is 9.84 Å². The molecular formula is C8H10ClNO3S. The van der Waals surface area contributed by atoms with Crippen molar-refractivity contribution in [1.82, 2.24) is 0 Å². The molecule has 78 valence electrons. The molecule has 6 heteroatoms. The van der Waals surface area contributed by atoms with Crippen LogP contribution in [0.4, 0.5) is 5.69 Å². The SMILES string of the molecule is Nc1cc(S(=O)(=O)CCCl)ccc1O. The van der Waals surface area contributed by atoms with Gasteiger partial charge in [0, 0.05) is 5.88 Å². The number of phenolic OH excluding ortho intramolecular Hbond substituents is 1. The van der Waals surface area contributed by atoms with E-state index in [0.717, 1.165) is 0 Å². The average molecular weight is 236 g/mol. The van der Waals surface area contributed by atoms with Crippen molar-refractivity contribution in [3.63, 3.8) is 0 Å². The van der Waals surface area contributed by atoms with Crippen molar-refractivity contribution in [2.75, 3.05) is 17.4 Å². The second-order valence-corrected chi connectivity index (χ2v) is 5.22. The Morgan fingerprint density at radius 1 is 1.43 bits per heavy atom. The smallest absolute Gasteiger partial charge is 0.179 e. The summed E-state index contributed by atoms with van der Waals surface area (Å²) < 4.78 is 22.9. The lowest BCUT2D eigenvalue weighted by molar-refractivity contribution is 0.477. The molecule has 0 amide bonds. The van der Waals surface area contributed by atoms with Crippen molar-refractivity contribution in [1.29, 1.82) is 0 Å². The lowest BCUT2D eigenvalue weighted by Crippen LogP contribution is -2.08. The first-order valence-corrected chi connectivity index (χ1v) is 6.03. The van der Waals surface area contributed by atoms with Crippen molar-refractivity contribution < 1.29 is 13.5 Å². The minimum Gasteiger partial charge on any atom is -0.506 e. The number of nitrogen functional groups attached to an aromatic ring is 1. The van der Waals surface area contributed by atoms with Crippen LogP contribution in [-0.4, -0.2) is 25.2 Å². The lowest BCUT2D eigenvalue weighted by Gasteiger charge is -2.04. The van der Waals surface area contributed by atoms with Gasteiger partial charge in [-0.15, -0.1) is 11.6 Å². The molecule has 0 spiro atoms. The van der Waals surface area contributed by atoms with E-state index in [1.54, 1.807) is 0 Å². The Hall–Kier alpha value is -0.940. The molecule has 1 aromatic carbocycles. The zero-order valence-corrected chi connectivity index (χ0v) is 8.85. The molecule has 1 rings (SSSR count). The fourth-order valence-corrected chi connectivity index (χ4v) is 2.58. The minimum atomic E-state index is -3.37. The van der Waals surface area contributed by atoms with Crippen LogP contribution in [0.2, 0.25) is 0 Å². The third-order valence-electron chi connectivity index (χ3n) is 1.70. The molecule has 0 fully saturated rings. The first-order valence-electron chi connectivity index (χ1n) is 3.84. The normalized spacial score (nSPS) is 11.5. The largest absolute Gasteiger partial charge is 0.506 e. The van der Waals surface area contributed by atoms with Crippen molar-refractivity contribution in [2.45, 2.75) is 4.90 Å². The highest BCUT2D eigenvalue weighted by Gasteiger charge is 2.14. The van der Waals surface area contributed by atoms with E-state index in [1.807, 2.05) is 0 Å². The monoisotopic (exact) mass is 235 g/mol. The maximum atomic E-state index is 11.5. The van der Waals surface area contributed by atoms with Gasteiger partial charge in [0.25, 0.3) is 0 Å². The van der Waals surface area contributed by atoms with Gasteiger partial charge in [0.1, 0.15) is 5.75 Å². The molecule has 3 N–H and O–H groups in total. The third kappa shape index (κ3) is 2.30. The molecule has 0 saturated carbocycles. The lowest BCUT2D eigenvalue weighted by atomic mass is 10.3. The van der Waals surface area contributed by atoms with Crippen LogP contribution < -0.4 is 5.73 Å². The molecule has 0 aliphatic carbocycles. The van der Waals surface area contributed by atoms with Crippen LogP contribution in [0.3, 0.4) is 0 Å². The summed E-state index contributed by atoms with van der Waals surface area (Å²) in [6, 6.07) is 3.77. The third-order valence-corrected chi connectivity index (χ3v) is 3.83. The molecule has 1 aromatic rings. The van der Waals surface area contributed by atoms with E-state index in [-0.39, 0.29) is 28.0 Å². The number of hydrogen-bond donors (Lipinski definition) is 2. The Bertz CT molecular complexity index is 430. The first-order chi connectivity index (χ1) is 6.47. The van der Waals surface area contributed by atoms with Gasteiger partial charge in [-0.1, -0.05) is 0 Å². The van der Waals surface area contributed by atoms with Crippen molar-refractivity contribution in [2.24, 2.45) is 0 Å². The summed E-state index contributed by atoms with van der Waals surface area (Å²) in [6.07, 6.45) is 0. The Kier molecular flexibility index (Phi) is 3.23. The van der Waals surface area contributed by atoms with Gasteiger partial charge in [-0.2, -0.15) is 0 Å². The van der Waals surface area contributed by atoms with Crippen molar-refractivity contribution in [3.05, 3.63) is 18.2 Å². The minimum absolute atomic E-state index is 0.0309. The van der Waals surface area contributed by atoms with Crippen LogP contribution in [0.25, 0.3) is 0 Å². The van der Waals surface area contributed by atoms with Gasteiger partial charge in [0.2, 0.25) is 0 Å². The average Bonchev–Trinajstić information content (AvgIpc) is 2.09. The number of phenols is 1. The Morgan fingerprint density at radius 2 is 2.07 bits per heavy atom. The van der Waals surface area contributed by atoms with Gasteiger partial charge in [-0.05, 0) is 18.2 Å². The van der Waals surface area contributed by atoms with E-state index in [4.69, 9.17) is 22.4 Å². The Labute approximate surface area is 87.2 Å². The molecular weight excluding hydrogens is 226 g/mol. The maximum absolute atomic E-state index is 11.5. The molecule has 0 aromatic heterocycles. The molecule has 14 heavy (non-hydrogen) atoms. The second-order valence-electron chi connectivity index (χ2n) is 2.73. The van der Waals surface area contributed by atoms with Crippen LogP contribution in [0.15, 0.2) is 23.1 Å². The fraction of sp³-hybridized carbons (Fsp3) is 0.250. The molecule has 0 atom stereocenters. The highest BCUT2D eigenvalue weighted by atomic mass is 35.5. The second kappa shape index (κ2) is 4.06. The summed E-state index contributed by atoms with van der Waals surface area (Å²) in [5.41, 5.74) is 5.41. The standard InChI is InChI=1S/C8H10ClNO3S/c9-3-4-14(12,13)6-1-2-8(11)7(10)5-6/h1-2,5,11H,3-4,10H2. The van der Waals surface area contributed by atoms with Crippen LogP contribution in [0.1, 0.15) is 0 Å². The maximum Gasteiger partial charge on any atom is 0.179 e. The van der Waals surface area contributed by atoms with Gasteiger partial charge in [-0.3, -0.25) is 0 Å². The number of sulfone groups is 1. The van der Waals surface area contributed by atoms with Crippen molar-refractivity contribution >= 4 is 27.1 Å². The van der Waals surface area contributed by atoms with Gasteiger partial charge in [-0.25, -0.2) is 8.42 Å². The van der Waals surface area contributed by atoms with E-state index in [2.05, 4.69) is 0 Å². The topological polar surface area (TPSA) is 80.4 Å². The molecule has 0 radical (unpaired) electrons. The number of nitrogens with two attached hydrogens (primary N) is 1. The highest BCUT2D eigenvalue weighted by molar-refractivity contribution is 7.91. The van der Waals surface area contributed by atoms with Crippen LogP contribution >= 0.6 is 11.6 Å². The molecule has 0 heterocycles. The quantitative estimate of drug-likeness (QED) is 0.465. The zero-order chi connectivity index (χ0) is 10.8. The number of aromatic hydroxyl groups is 1. The van der Waals surface area contributed by atoms with Crippen molar-refractivity contribution in [3.8, 4) is 5.75 Å². The predicted octanol–water partition coefficient (Wildman–Crippen LogP) is 0.987. The fourth-order valence-electron chi connectivity index (χ4n) is 0.945. The molecule has 0 aliphatic heterocycles. The van der Waals surface area contributed by atoms with Gasteiger partial charge in [0.05, 0.1) is 16.3 Å². The molecule has 0 unspecified atom stereocenters. The predicted molar refractivity (Wildman–Crippen MR) is 55.3 cm³/mol. The van der Waals surface area contributed by atoms with Crippen LogP contribution in [0.5, 0.6) is 5.75 Å². The van der Waals surface area contributed by atoms with Crippen LogP contribution in [-0.2, 0) is 9.84 Å². The summed E-state index contributed by atoms with van der Waals surface area (Å²) in [5.74, 6) is -0.239. The number of hydrogen-bond acceptors (Lipinski definition) is 4. The van der Waals surface area contributed by atoms with Gasteiger partial charge < -0.3 is 10.8 Å². The molecule has 4 nitrogen and oxygen atoms in total. The number of halogens is 1. The zero-order valence-electron chi connectivity index (χ0n) is 7.27. The Balaban J connectivity index is 3.15. The molecule has 0 aliphatic rings. The van der Waals surface area contributed by atoms with E-state index in [0.29, 0.717) is 0 Å². The summed E-state index contributed by atoms with van der Waals surface area (Å²) in [5, 5.41) is 9.09. The first kappa shape index (κ1) is 11.1. The summed E-state index contributed by atoms with van der Waals surface area (Å²) >= 11 is 5.35. The summed E-state index contributed by atoms with van der Waals surface area (Å²) in [6.45, 7) is 0. The Morgan fingerprint density at radius 3 is 2.57 bits per heavy atom. The van der Waals surface area contributed by atoms with Crippen LogP contribution in [0, 0.1) is 0 Å². The number of benzene rings is 1.